The highest BCUT2D eigenvalue weighted by Gasteiger charge is 2.26. The number of benzene rings is 2. The summed E-state index contributed by atoms with van der Waals surface area (Å²) in [5.41, 5.74) is 7.63. The van der Waals surface area contributed by atoms with E-state index in [0.29, 0.717) is 6.54 Å². The standard InChI is InChI=1S/C30H38N8O6S/c1-45-13-12-22(31)18-38-19-25(36-37-38)30(44)35-24(15-21-10-6-3-7-11-21)29(43)32-16-26(39)34-23(28(42)33-17-27(40)41)14-20-8-4-2-5-9-20/h2-11,19,22-24H,12-18,31H2,1H3,(H,32,43)(H,33,42)(H,34,39)(H,35,44)(H,40,41)/t22-,23-,24-/m0/s1. The Hall–Kier alpha value is -4.76. The maximum Gasteiger partial charge on any atom is 0.322 e. The smallest absolute Gasteiger partial charge is 0.322 e. The zero-order valence-corrected chi connectivity index (χ0v) is 25.7. The molecule has 14 nitrogen and oxygen atoms in total. The predicted octanol–water partition coefficient (Wildman–Crippen LogP) is -0.256. The Morgan fingerprint density at radius 1 is 0.867 bits per heavy atom. The third-order valence-electron chi connectivity index (χ3n) is 6.56. The monoisotopic (exact) mass is 638 g/mol. The number of rotatable bonds is 18. The van der Waals surface area contributed by atoms with Crippen molar-refractivity contribution in [2.24, 2.45) is 5.73 Å². The van der Waals surface area contributed by atoms with Crippen LogP contribution in [0.3, 0.4) is 0 Å². The molecule has 2 aromatic carbocycles. The molecule has 0 fully saturated rings. The fourth-order valence-corrected chi connectivity index (χ4v) is 4.80. The van der Waals surface area contributed by atoms with Crippen molar-refractivity contribution in [3.05, 3.63) is 83.7 Å². The summed E-state index contributed by atoms with van der Waals surface area (Å²) in [6.07, 6.45) is 4.45. The second kappa shape index (κ2) is 18.1. The van der Waals surface area contributed by atoms with Gasteiger partial charge < -0.3 is 32.1 Å². The summed E-state index contributed by atoms with van der Waals surface area (Å²) in [4.78, 5) is 62.7. The zero-order valence-electron chi connectivity index (χ0n) is 24.8. The van der Waals surface area contributed by atoms with E-state index in [9.17, 15) is 24.0 Å². The minimum absolute atomic E-state index is 0.00629. The fourth-order valence-electron chi connectivity index (χ4n) is 4.26. The van der Waals surface area contributed by atoms with Crippen molar-refractivity contribution >= 4 is 41.4 Å². The van der Waals surface area contributed by atoms with Gasteiger partial charge in [0.05, 0.1) is 19.3 Å². The van der Waals surface area contributed by atoms with Crippen LogP contribution in [0.25, 0.3) is 0 Å². The minimum atomic E-state index is -1.23. The lowest BCUT2D eigenvalue weighted by Crippen LogP contribution is -2.53. The quantitative estimate of drug-likeness (QED) is 0.108. The normalized spacial score (nSPS) is 12.8. The molecule has 3 atom stereocenters. The van der Waals surface area contributed by atoms with Gasteiger partial charge in [0.2, 0.25) is 17.7 Å². The zero-order chi connectivity index (χ0) is 32.6. The lowest BCUT2D eigenvalue weighted by molar-refractivity contribution is -0.138. The second-order valence-corrected chi connectivity index (χ2v) is 11.2. The van der Waals surface area contributed by atoms with Crippen molar-refractivity contribution in [2.75, 3.05) is 25.1 Å². The molecular weight excluding hydrogens is 600 g/mol. The Morgan fingerprint density at radius 2 is 1.42 bits per heavy atom. The number of amides is 4. The number of thioether (sulfide) groups is 1. The third kappa shape index (κ3) is 12.4. The summed E-state index contributed by atoms with van der Waals surface area (Å²) in [5.74, 6) is -2.97. The molecule has 0 saturated carbocycles. The van der Waals surface area contributed by atoms with Gasteiger partial charge in [-0.25, -0.2) is 0 Å². The second-order valence-electron chi connectivity index (χ2n) is 10.2. The van der Waals surface area contributed by atoms with Crippen LogP contribution in [-0.4, -0.2) is 92.9 Å². The first-order valence-electron chi connectivity index (χ1n) is 14.2. The van der Waals surface area contributed by atoms with Gasteiger partial charge in [-0.3, -0.25) is 28.7 Å². The van der Waals surface area contributed by atoms with Crippen molar-refractivity contribution in [1.29, 1.82) is 0 Å². The average molecular weight is 639 g/mol. The van der Waals surface area contributed by atoms with Crippen LogP contribution in [0.2, 0.25) is 0 Å². The molecule has 0 spiro atoms. The number of carboxylic acids is 1. The number of carboxylic acid groups (broad SMARTS) is 1. The van der Waals surface area contributed by atoms with Crippen LogP contribution in [0, 0.1) is 0 Å². The van der Waals surface area contributed by atoms with Gasteiger partial charge in [0.25, 0.3) is 5.91 Å². The lowest BCUT2D eigenvalue weighted by atomic mass is 10.0. The highest BCUT2D eigenvalue weighted by atomic mass is 32.2. The molecule has 0 aliphatic heterocycles. The summed E-state index contributed by atoms with van der Waals surface area (Å²) < 4.78 is 1.48. The SMILES string of the molecule is CSCC[C@H](N)Cn1cc(C(=O)N[C@@H](Cc2ccccc2)C(=O)NCC(=O)N[C@@H](Cc2ccccc2)C(=O)NCC(=O)O)nn1. The highest BCUT2D eigenvalue weighted by Crippen LogP contribution is 2.07. The highest BCUT2D eigenvalue weighted by molar-refractivity contribution is 7.98. The van der Waals surface area contributed by atoms with E-state index >= 15 is 0 Å². The Bertz CT molecular complexity index is 1420. The molecule has 0 unspecified atom stereocenters. The van der Waals surface area contributed by atoms with Crippen LogP contribution in [0.1, 0.15) is 28.0 Å². The van der Waals surface area contributed by atoms with E-state index < -0.39 is 54.8 Å². The number of aromatic nitrogens is 3. The molecule has 1 aromatic heterocycles. The molecule has 4 amide bonds. The predicted molar refractivity (Wildman–Crippen MR) is 168 cm³/mol. The van der Waals surface area contributed by atoms with Crippen LogP contribution in [0.4, 0.5) is 0 Å². The Labute approximate surface area is 264 Å². The number of nitrogens with one attached hydrogen (secondary N) is 4. The molecule has 15 heteroatoms. The number of carbonyl (C=O) groups excluding carboxylic acids is 4. The molecule has 0 aliphatic carbocycles. The molecule has 240 valence electrons. The summed E-state index contributed by atoms with van der Waals surface area (Å²) >= 11 is 1.68. The summed E-state index contributed by atoms with van der Waals surface area (Å²) in [5, 5.41) is 26.8. The van der Waals surface area contributed by atoms with E-state index in [2.05, 4.69) is 31.6 Å². The van der Waals surface area contributed by atoms with Gasteiger partial charge in [0, 0.05) is 18.9 Å². The van der Waals surface area contributed by atoms with Crippen molar-refractivity contribution < 1.29 is 29.1 Å². The van der Waals surface area contributed by atoms with Gasteiger partial charge in [-0.1, -0.05) is 65.9 Å². The maximum absolute atomic E-state index is 13.2. The van der Waals surface area contributed by atoms with Gasteiger partial charge in [-0.2, -0.15) is 11.8 Å². The van der Waals surface area contributed by atoms with Crippen molar-refractivity contribution in [3.63, 3.8) is 0 Å². The van der Waals surface area contributed by atoms with E-state index in [1.807, 2.05) is 12.3 Å². The number of nitrogens with zero attached hydrogens (tertiary/aromatic N) is 3. The van der Waals surface area contributed by atoms with Crippen molar-refractivity contribution in [3.8, 4) is 0 Å². The average Bonchev–Trinajstić information content (AvgIpc) is 3.50. The molecule has 1 heterocycles. The first kappa shape index (κ1) is 34.7. The van der Waals surface area contributed by atoms with Crippen LogP contribution >= 0.6 is 11.8 Å². The van der Waals surface area contributed by atoms with Crippen LogP contribution in [-0.2, 0) is 38.6 Å². The molecule has 3 aromatic rings. The number of hydrogen-bond acceptors (Lipinski definition) is 9. The Kier molecular flexibility index (Phi) is 14.0. The molecule has 0 bridgehead atoms. The topological polar surface area (TPSA) is 210 Å². The summed E-state index contributed by atoms with van der Waals surface area (Å²) in [6, 6.07) is 15.6. The molecule has 3 rings (SSSR count). The first-order valence-corrected chi connectivity index (χ1v) is 15.6. The number of hydrogen-bond donors (Lipinski definition) is 6. The van der Waals surface area contributed by atoms with Gasteiger partial charge in [0.15, 0.2) is 5.69 Å². The molecule has 7 N–H and O–H groups in total. The third-order valence-corrected chi connectivity index (χ3v) is 7.21. The minimum Gasteiger partial charge on any atom is -0.480 e. The van der Waals surface area contributed by atoms with Gasteiger partial charge in [-0.05, 0) is 29.6 Å². The van der Waals surface area contributed by atoms with Gasteiger partial charge >= 0.3 is 5.97 Å². The molecule has 0 aliphatic rings. The first-order chi connectivity index (χ1) is 21.6. The molecular formula is C30H38N8O6S. The van der Waals surface area contributed by atoms with Gasteiger partial charge in [-0.15, -0.1) is 5.10 Å². The largest absolute Gasteiger partial charge is 0.480 e. The number of carbonyl (C=O) groups is 5. The number of aliphatic carboxylic acids is 1. The van der Waals surface area contributed by atoms with E-state index in [4.69, 9.17) is 10.8 Å². The summed E-state index contributed by atoms with van der Waals surface area (Å²) in [6.45, 7) is -0.735. The maximum atomic E-state index is 13.2. The van der Waals surface area contributed by atoms with E-state index in [-0.39, 0.29) is 24.6 Å². The molecule has 0 saturated heterocycles. The van der Waals surface area contributed by atoms with Crippen molar-refractivity contribution in [2.45, 2.75) is 43.9 Å². The van der Waals surface area contributed by atoms with Gasteiger partial charge in [0.1, 0.15) is 18.6 Å². The fraction of sp³-hybridized carbons (Fsp3) is 0.367. The van der Waals surface area contributed by atoms with Crippen LogP contribution in [0.15, 0.2) is 66.9 Å². The van der Waals surface area contributed by atoms with Crippen molar-refractivity contribution in [1.82, 2.24) is 36.3 Å². The number of nitrogens with two attached hydrogens (primary N) is 1. The van der Waals surface area contributed by atoms with E-state index in [0.717, 1.165) is 23.3 Å². The van der Waals surface area contributed by atoms with Crippen LogP contribution < -0.4 is 27.0 Å². The summed E-state index contributed by atoms with van der Waals surface area (Å²) in [7, 11) is 0. The van der Waals surface area contributed by atoms with Crippen LogP contribution in [0.5, 0.6) is 0 Å². The molecule has 0 radical (unpaired) electrons. The molecule has 45 heavy (non-hydrogen) atoms. The Morgan fingerprint density at radius 3 is 1.98 bits per heavy atom. The lowest BCUT2D eigenvalue weighted by Gasteiger charge is -2.20. The van der Waals surface area contributed by atoms with E-state index in [1.54, 1.807) is 66.4 Å². The Balaban J connectivity index is 1.64. The van der Waals surface area contributed by atoms with E-state index in [1.165, 1.54) is 10.9 Å².